The van der Waals surface area contributed by atoms with E-state index in [1.54, 1.807) is 13.8 Å². The Morgan fingerprint density at radius 3 is 2.58 bits per heavy atom. The van der Waals surface area contributed by atoms with Gasteiger partial charge in [-0.15, -0.1) is 0 Å². The van der Waals surface area contributed by atoms with Gasteiger partial charge in [-0.05, 0) is 26.7 Å². The molecule has 0 aliphatic carbocycles. The largest absolute Gasteiger partial charge is 0.465 e. The Balaban J connectivity index is 3.70. The summed E-state index contributed by atoms with van der Waals surface area (Å²) >= 11 is 0. The van der Waals surface area contributed by atoms with Gasteiger partial charge in [0.2, 0.25) is 0 Å². The lowest BCUT2D eigenvalue weighted by Gasteiger charge is -2.23. The number of aldehydes is 1. The van der Waals surface area contributed by atoms with Gasteiger partial charge in [-0.3, -0.25) is 0 Å². The maximum Gasteiger partial charge on any atom is 0.405 e. The lowest BCUT2D eigenvalue weighted by atomic mass is 9.98. The summed E-state index contributed by atoms with van der Waals surface area (Å²) in [7, 11) is 0. The molecule has 0 aromatic carbocycles. The number of amides is 1. The topological polar surface area (TPSA) is 66.4 Å². The van der Waals surface area contributed by atoms with Crippen molar-refractivity contribution in [2.75, 3.05) is 0 Å². The fourth-order valence-electron chi connectivity index (χ4n) is 0.979. The summed E-state index contributed by atoms with van der Waals surface area (Å²) in [4.78, 5) is 20.2. The normalized spacial score (nSPS) is 10.8. The molecular weight excluding hydrogens is 158 g/mol. The number of unbranched alkanes of at least 4 members (excludes halogenated alkanes) is 1. The van der Waals surface area contributed by atoms with E-state index in [1.807, 2.05) is 0 Å². The Labute approximate surface area is 72.0 Å². The highest BCUT2D eigenvalue weighted by molar-refractivity contribution is 5.65. The molecule has 0 rings (SSSR count). The van der Waals surface area contributed by atoms with E-state index in [9.17, 15) is 9.59 Å². The summed E-state index contributed by atoms with van der Waals surface area (Å²) in [5, 5.41) is 10.8. The summed E-state index contributed by atoms with van der Waals surface area (Å²) in [6, 6.07) is 0. The van der Waals surface area contributed by atoms with E-state index in [0.717, 1.165) is 12.7 Å². The van der Waals surface area contributed by atoms with E-state index in [2.05, 4.69) is 5.32 Å². The third-order valence-corrected chi connectivity index (χ3v) is 1.57. The van der Waals surface area contributed by atoms with Crippen LogP contribution in [0.1, 0.15) is 33.1 Å². The van der Waals surface area contributed by atoms with Gasteiger partial charge in [-0.25, -0.2) is 4.79 Å². The van der Waals surface area contributed by atoms with Crippen molar-refractivity contribution in [2.24, 2.45) is 0 Å². The lowest BCUT2D eigenvalue weighted by molar-refractivity contribution is -0.107. The molecular formula is C8H15NO3. The van der Waals surface area contributed by atoms with E-state index in [4.69, 9.17) is 5.11 Å². The van der Waals surface area contributed by atoms with E-state index < -0.39 is 11.6 Å². The number of nitrogens with one attached hydrogen (secondary N) is 1. The Kier molecular flexibility index (Phi) is 4.33. The second-order valence-corrected chi connectivity index (χ2v) is 3.37. The minimum absolute atomic E-state index is 0.436. The molecule has 70 valence electrons. The number of hydrogen-bond donors (Lipinski definition) is 2. The molecule has 0 aliphatic rings. The molecule has 0 aromatic heterocycles. The SMILES string of the molecule is CC(C)(CCCC=O)NC(=O)O. The number of rotatable bonds is 5. The summed E-state index contributed by atoms with van der Waals surface area (Å²) in [6.45, 7) is 3.60. The quantitative estimate of drug-likeness (QED) is 0.488. The highest BCUT2D eigenvalue weighted by atomic mass is 16.4. The van der Waals surface area contributed by atoms with Crippen LogP contribution in [0.4, 0.5) is 4.79 Å². The van der Waals surface area contributed by atoms with Crippen molar-refractivity contribution in [3.05, 3.63) is 0 Å². The van der Waals surface area contributed by atoms with Crippen LogP contribution in [-0.2, 0) is 4.79 Å². The molecule has 0 radical (unpaired) electrons. The number of hydrogen-bond acceptors (Lipinski definition) is 2. The lowest BCUT2D eigenvalue weighted by Crippen LogP contribution is -2.42. The second kappa shape index (κ2) is 4.74. The van der Waals surface area contributed by atoms with Crippen LogP contribution in [-0.4, -0.2) is 23.0 Å². The van der Waals surface area contributed by atoms with Crippen LogP contribution in [0.2, 0.25) is 0 Å². The average molecular weight is 173 g/mol. The van der Waals surface area contributed by atoms with Gasteiger partial charge in [-0.1, -0.05) is 0 Å². The Hall–Kier alpha value is -1.06. The van der Waals surface area contributed by atoms with Gasteiger partial charge in [0.25, 0.3) is 0 Å². The third-order valence-electron chi connectivity index (χ3n) is 1.57. The molecule has 0 atom stereocenters. The first-order valence-electron chi connectivity index (χ1n) is 3.93. The minimum atomic E-state index is -1.02. The molecule has 0 fully saturated rings. The zero-order valence-corrected chi connectivity index (χ0v) is 7.46. The molecule has 0 spiro atoms. The molecule has 0 saturated heterocycles. The van der Waals surface area contributed by atoms with Crippen LogP contribution >= 0.6 is 0 Å². The first-order chi connectivity index (χ1) is 5.48. The van der Waals surface area contributed by atoms with Crippen molar-refractivity contribution < 1.29 is 14.7 Å². The van der Waals surface area contributed by atoms with E-state index in [0.29, 0.717) is 12.8 Å². The van der Waals surface area contributed by atoms with Crippen molar-refractivity contribution in [1.29, 1.82) is 0 Å². The van der Waals surface area contributed by atoms with Crippen LogP contribution in [0.15, 0.2) is 0 Å². The molecule has 4 nitrogen and oxygen atoms in total. The molecule has 0 unspecified atom stereocenters. The molecule has 2 N–H and O–H groups in total. The number of carbonyl (C=O) groups is 2. The molecule has 12 heavy (non-hydrogen) atoms. The van der Waals surface area contributed by atoms with Crippen LogP contribution in [0.3, 0.4) is 0 Å². The van der Waals surface area contributed by atoms with Crippen LogP contribution in [0, 0.1) is 0 Å². The molecule has 0 saturated carbocycles. The molecule has 0 aromatic rings. The summed E-state index contributed by atoms with van der Waals surface area (Å²) < 4.78 is 0. The predicted octanol–water partition coefficient (Wildman–Crippen LogP) is 1.40. The van der Waals surface area contributed by atoms with Gasteiger partial charge < -0.3 is 15.2 Å². The van der Waals surface area contributed by atoms with Crippen molar-refractivity contribution in [1.82, 2.24) is 5.32 Å². The Bertz CT molecular complexity index is 166. The smallest absolute Gasteiger partial charge is 0.405 e. The predicted molar refractivity (Wildman–Crippen MR) is 45.2 cm³/mol. The Morgan fingerprint density at radius 1 is 1.58 bits per heavy atom. The van der Waals surface area contributed by atoms with Crippen LogP contribution in [0.5, 0.6) is 0 Å². The average Bonchev–Trinajstić information content (AvgIpc) is 1.84. The summed E-state index contributed by atoms with van der Waals surface area (Å²) in [5.74, 6) is 0. The van der Waals surface area contributed by atoms with Crippen molar-refractivity contribution in [3.63, 3.8) is 0 Å². The van der Waals surface area contributed by atoms with Gasteiger partial charge in [0.05, 0.1) is 0 Å². The molecule has 0 heterocycles. The van der Waals surface area contributed by atoms with Crippen LogP contribution < -0.4 is 5.32 Å². The fraction of sp³-hybridized carbons (Fsp3) is 0.750. The maximum absolute atomic E-state index is 10.3. The standard InChI is InChI=1S/C8H15NO3/c1-8(2,9-7(11)12)5-3-4-6-10/h6,9H,3-5H2,1-2H3,(H,11,12). The summed E-state index contributed by atoms with van der Waals surface area (Å²) in [5.41, 5.74) is -0.436. The van der Waals surface area contributed by atoms with Gasteiger partial charge >= 0.3 is 6.09 Å². The second-order valence-electron chi connectivity index (χ2n) is 3.37. The van der Waals surface area contributed by atoms with Crippen molar-refractivity contribution in [3.8, 4) is 0 Å². The third kappa shape index (κ3) is 5.70. The van der Waals surface area contributed by atoms with E-state index >= 15 is 0 Å². The van der Waals surface area contributed by atoms with Crippen molar-refractivity contribution >= 4 is 12.4 Å². The molecule has 1 amide bonds. The highest BCUT2D eigenvalue weighted by Gasteiger charge is 2.18. The monoisotopic (exact) mass is 173 g/mol. The van der Waals surface area contributed by atoms with Crippen LogP contribution in [0.25, 0.3) is 0 Å². The molecule has 4 heteroatoms. The Morgan fingerprint density at radius 2 is 2.17 bits per heavy atom. The molecule has 0 aliphatic heterocycles. The van der Waals surface area contributed by atoms with E-state index in [-0.39, 0.29) is 0 Å². The van der Waals surface area contributed by atoms with Gasteiger partial charge in [-0.2, -0.15) is 0 Å². The fourth-order valence-corrected chi connectivity index (χ4v) is 0.979. The van der Waals surface area contributed by atoms with Gasteiger partial charge in [0.15, 0.2) is 0 Å². The van der Waals surface area contributed by atoms with E-state index in [1.165, 1.54) is 0 Å². The maximum atomic E-state index is 10.3. The first kappa shape index (κ1) is 10.9. The van der Waals surface area contributed by atoms with Gasteiger partial charge in [0.1, 0.15) is 6.29 Å². The number of carboxylic acid groups (broad SMARTS) is 1. The van der Waals surface area contributed by atoms with Gasteiger partial charge in [0, 0.05) is 12.0 Å². The zero-order chi connectivity index (χ0) is 9.61. The minimum Gasteiger partial charge on any atom is -0.465 e. The summed E-state index contributed by atoms with van der Waals surface area (Å²) in [6.07, 6.45) is 1.71. The molecule has 0 bridgehead atoms. The first-order valence-corrected chi connectivity index (χ1v) is 3.93. The van der Waals surface area contributed by atoms with Crippen molar-refractivity contribution in [2.45, 2.75) is 38.6 Å². The highest BCUT2D eigenvalue weighted by Crippen LogP contribution is 2.11. The number of carbonyl (C=O) groups excluding carboxylic acids is 1. The zero-order valence-electron chi connectivity index (χ0n) is 7.46.